The maximum atomic E-state index is 12.8. The summed E-state index contributed by atoms with van der Waals surface area (Å²) >= 11 is 0. The Bertz CT molecular complexity index is 856. The molecular formula is C22H34N4O4. The van der Waals surface area contributed by atoms with Crippen molar-refractivity contribution in [1.82, 2.24) is 19.9 Å². The van der Waals surface area contributed by atoms with E-state index in [0.29, 0.717) is 25.8 Å². The molecule has 0 saturated heterocycles. The molecule has 0 fully saturated rings. The van der Waals surface area contributed by atoms with Crippen molar-refractivity contribution in [1.29, 1.82) is 0 Å². The van der Waals surface area contributed by atoms with Gasteiger partial charge in [-0.2, -0.15) is 0 Å². The zero-order chi connectivity index (χ0) is 22.3. The maximum absolute atomic E-state index is 12.8. The van der Waals surface area contributed by atoms with Gasteiger partial charge in [0.2, 0.25) is 0 Å². The standard InChI is InChI=1S/C22H34N4O4/c1-6-14-25-17-11-9-8-10-16(17)23-19(25)13-12-18(20(27)24-29)26(15-7-2)21(28)30-22(3,4)5/h8-11,18,29H,6-7,12-15H2,1-5H3,(H,24,27). The van der Waals surface area contributed by atoms with Crippen LogP contribution in [0.15, 0.2) is 24.3 Å². The van der Waals surface area contributed by atoms with Crippen LogP contribution >= 0.6 is 0 Å². The van der Waals surface area contributed by atoms with Gasteiger partial charge in [0.05, 0.1) is 11.0 Å². The Kier molecular flexibility index (Phi) is 8.23. The predicted octanol–water partition coefficient (Wildman–Crippen LogP) is 3.90. The monoisotopic (exact) mass is 418 g/mol. The number of hydroxylamine groups is 1. The zero-order valence-corrected chi connectivity index (χ0v) is 18.6. The Balaban J connectivity index is 2.30. The average molecular weight is 419 g/mol. The maximum Gasteiger partial charge on any atom is 0.410 e. The third-order valence-electron chi connectivity index (χ3n) is 4.70. The zero-order valence-electron chi connectivity index (χ0n) is 18.6. The van der Waals surface area contributed by atoms with Crippen molar-refractivity contribution < 1.29 is 19.5 Å². The molecule has 166 valence electrons. The minimum Gasteiger partial charge on any atom is -0.444 e. The highest BCUT2D eigenvalue weighted by Crippen LogP contribution is 2.20. The van der Waals surface area contributed by atoms with Crippen LogP contribution in [-0.4, -0.2) is 49.8 Å². The molecule has 0 spiro atoms. The molecule has 8 nitrogen and oxygen atoms in total. The number of para-hydroxylation sites is 2. The van der Waals surface area contributed by atoms with E-state index in [4.69, 9.17) is 9.72 Å². The topological polar surface area (TPSA) is 96.7 Å². The van der Waals surface area contributed by atoms with Gasteiger partial charge in [0.1, 0.15) is 17.5 Å². The van der Waals surface area contributed by atoms with Crippen LogP contribution in [0, 0.1) is 0 Å². The third kappa shape index (κ3) is 5.95. The molecule has 0 aliphatic rings. The van der Waals surface area contributed by atoms with Crippen LogP contribution in [0.5, 0.6) is 0 Å². The molecule has 30 heavy (non-hydrogen) atoms. The van der Waals surface area contributed by atoms with Gasteiger partial charge in [-0.3, -0.25) is 14.9 Å². The summed E-state index contributed by atoms with van der Waals surface area (Å²) in [5.41, 5.74) is 2.98. The number of carbonyl (C=O) groups excluding carboxylic acids is 2. The van der Waals surface area contributed by atoms with E-state index in [-0.39, 0.29) is 0 Å². The fraction of sp³-hybridized carbons (Fsp3) is 0.591. The number of nitrogens with one attached hydrogen (secondary N) is 1. The molecule has 0 radical (unpaired) electrons. The first-order chi connectivity index (χ1) is 14.2. The highest BCUT2D eigenvalue weighted by molar-refractivity contribution is 5.85. The van der Waals surface area contributed by atoms with Crippen LogP contribution in [0.25, 0.3) is 11.0 Å². The second-order valence-corrected chi connectivity index (χ2v) is 8.37. The molecule has 1 unspecified atom stereocenters. The smallest absolute Gasteiger partial charge is 0.410 e. The van der Waals surface area contributed by atoms with Crippen molar-refractivity contribution in [3.63, 3.8) is 0 Å². The molecule has 1 heterocycles. The fourth-order valence-electron chi connectivity index (χ4n) is 3.49. The van der Waals surface area contributed by atoms with Crippen LogP contribution in [-0.2, 0) is 22.5 Å². The third-order valence-corrected chi connectivity index (χ3v) is 4.70. The Labute approximate surface area is 178 Å². The average Bonchev–Trinajstić information content (AvgIpc) is 3.03. The number of nitrogens with zero attached hydrogens (tertiary/aromatic N) is 3. The summed E-state index contributed by atoms with van der Waals surface area (Å²) in [6.07, 6.45) is 1.84. The van der Waals surface area contributed by atoms with Gasteiger partial charge in [0.25, 0.3) is 5.91 Å². The molecule has 1 aromatic carbocycles. The van der Waals surface area contributed by atoms with E-state index in [1.165, 1.54) is 4.90 Å². The van der Waals surface area contributed by atoms with Crippen LogP contribution in [0.3, 0.4) is 0 Å². The lowest BCUT2D eigenvalue weighted by Gasteiger charge is -2.32. The summed E-state index contributed by atoms with van der Waals surface area (Å²) < 4.78 is 7.65. The van der Waals surface area contributed by atoms with Crippen LogP contribution in [0.1, 0.15) is 59.7 Å². The summed E-state index contributed by atoms with van der Waals surface area (Å²) in [6.45, 7) is 10.5. The quantitative estimate of drug-likeness (QED) is 0.475. The lowest BCUT2D eigenvalue weighted by molar-refractivity contribution is -0.135. The number of rotatable bonds is 9. The van der Waals surface area contributed by atoms with Gasteiger partial charge in [-0.05, 0) is 52.2 Å². The molecule has 1 aromatic heterocycles. The normalized spacial score (nSPS) is 12.6. The van der Waals surface area contributed by atoms with Crippen LogP contribution < -0.4 is 5.48 Å². The molecule has 0 aliphatic carbocycles. The number of aromatic nitrogens is 2. The van der Waals surface area contributed by atoms with E-state index in [2.05, 4.69) is 11.5 Å². The summed E-state index contributed by atoms with van der Waals surface area (Å²) in [5, 5.41) is 9.29. The van der Waals surface area contributed by atoms with Gasteiger partial charge in [0.15, 0.2) is 0 Å². The second kappa shape index (κ2) is 10.4. The lowest BCUT2D eigenvalue weighted by atomic mass is 10.1. The van der Waals surface area contributed by atoms with Gasteiger partial charge >= 0.3 is 6.09 Å². The highest BCUT2D eigenvalue weighted by atomic mass is 16.6. The number of imidazole rings is 1. The van der Waals surface area contributed by atoms with E-state index in [1.54, 1.807) is 26.3 Å². The molecule has 2 amide bonds. The number of fused-ring (bicyclic) bond motifs is 1. The number of ether oxygens (including phenoxy) is 1. The Morgan fingerprint density at radius 3 is 2.53 bits per heavy atom. The fourth-order valence-corrected chi connectivity index (χ4v) is 3.49. The van der Waals surface area contributed by atoms with E-state index in [9.17, 15) is 14.8 Å². The van der Waals surface area contributed by atoms with E-state index < -0.39 is 23.6 Å². The molecule has 2 rings (SSSR count). The number of amides is 2. The lowest BCUT2D eigenvalue weighted by Crippen LogP contribution is -2.51. The van der Waals surface area contributed by atoms with Crippen molar-refractivity contribution in [3.05, 3.63) is 30.1 Å². The molecule has 1 atom stereocenters. The first kappa shape index (κ1) is 23.7. The molecular weight excluding hydrogens is 384 g/mol. The first-order valence-corrected chi connectivity index (χ1v) is 10.6. The summed E-state index contributed by atoms with van der Waals surface area (Å²) in [5.74, 6) is 0.224. The summed E-state index contributed by atoms with van der Waals surface area (Å²) in [7, 11) is 0. The van der Waals surface area contributed by atoms with E-state index >= 15 is 0 Å². The van der Waals surface area contributed by atoms with E-state index in [0.717, 1.165) is 29.8 Å². The number of carbonyl (C=O) groups is 2. The largest absolute Gasteiger partial charge is 0.444 e. The van der Waals surface area contributed by atoms with Crippen molar-refractivity contribution in [3.8, 4) is 0 Å². The van der Waals surface area contributed by atoms with Gasteiger partial charge in [-0.25, -0.2) is 15.3 Å². The Morgan fingerprint density at radius 1 is 1.23 bits per heavy atom. The minimum absolute atomic E-state index is 0.318. The molecule has 0 bridgehead atoms. The Hall–Kier alpha value is -2.61. The van der Waals surface area contributed by atoms with Crippen molar-refractivity contribution >= 4 is 23.0 Å². The molecule has 0 saturated carbocycles. The van der Waals surface area contributed by atoms with Gasteiger partial charge in [-0.1, -0.05) is 26.0 Å². The number of hydrogen-bond acceptors (Lipinski definition) is 5. The van der Waals surface area contributed by atoms with Crippen molar-refractivity contribution in [2.75, 3.05) is 6.54 Å². The predicted molar refractivity (Wildman–Crippen MR) is 115 cm³/mol. The summed E-state index contributed by atoms with van der Waals surface area (Å²) in [4.78, 5) is 31.3. The number of aryl methyl sites for hydroxylation is 2. The van der Waals surface area contributed by atoms with Crippen LogP contribution in [0.2, 0.25) is 0 Å². The molecule has 8 heteroatoms. The van der Waals surface area contributed by atoms with Gasteiger partial charge in [0, 0.05) is 19.5 Å². The van der Waals surface area contributed by atoms with Crippen molar-refractivity contribution in [2.24, 2.45) is 0 Å². The second-order valence-electron chi connectivity index (χ2n) is 8.37. The first-order valence-electron chi connectivity index (χ1n) is 10.6. The molecule has 2 aromatic rings. The molecule has 2 N–H and O–H groups in total. The van der Waals surface area contributed by atoms with Gasteiger partial charge in [-0.15, -0.1) is 0 Å². The minimum atomic E-state index is -0.861. The number of hydrogen-bond donors (Lipinski definition) is 2. The summed E-state index contributed by atoms with van der Waals surface area (Å²) in [6, 6.07) is 7.06. The SMILES string of the molecule is CCCN(C(=O)OC(C)(C)C)C(CCc1nc2ccccc2n1CCC)C(=O)NO. The number of benzene rings is 1. The van der Waals surface area contributed by atoms with Crippen LogP contribution in [0.4, 0.5) is 4.79 Å². The van der Waals surface area contributed by atoms with Crippen molar-refractivity contribution in [2.45, 2.75) is 78.5 Å². The highest BCUT2D eigenvalue weighted by Gasteiger charge is 2.32. The van der Waals surface area contributed by atoms with Gasteiger partial charge < -0.3 is 9.30 Å². The Morgan fingerprint density at radius 2 is 1.93 bits per heavy atom. The van der Waals surface area contributed by atoms with E-state index in [1.807, 2.05) is 31.2 Å². The molecule has 0 aliphatic heterocycles.